The largest absolute Gasteiger partial charge is 0.477 e. The second kappa shape index (κ2) is 4.89. The Morgan fingerprint density at radius 3 is 2.89 bits per heavy atom. The van der Waals surface area contributed by atoms with Gasteiger partial charge in [0.15, 0.2) is 0 Å². The molecule has 1 aromatic rings. The van der Waals surface area contributed by atoms with Crippen LogP contribution in [0.15, 0.2) is 4.79 Å². The Hall–Kier alpha value is -1.69. The van der Waals surface area contributed by atoms with Crippen molar-refractivity contribution < 1.29 is 14.6 Å². The van der Waals surface area contributed by atoms with Crippen LogP contribution in [0.1, 0.15) is 47.6 Å². The third-order valence-electron chi connectivity index (χ3n) is 3.30. The molecule has 0 bridgehead atoms. The first-order chi connectivity index (χ1) is 8.54. The maximum atomic E-state index is 11.7. The molecule has 0 radical (unpaired) electrons. The Kier molecular flexibility index (Phi) is 3.47. The van der Waals surface area contributed by atoms with E-state index in [0.717, 1.165) is 12.8 Å². The summed E-state index contributed by atoms with van der Waals surface area (Å²) in [6.07, 6.45) is 1.68. The summed E-state index contributed by atoms with van der Waals surface area (Å²) in [5.41, 5.74) is -0.625. The van der Waals surface area contributed by atoms with E-state index in [9.17, 15) is 9.59 Å². The Labute approximate surface area is 104 Å². The minimum atomic E-state index is -1.25. The quantitative estimate of drug-likeness (QED) is 0.839. The summed E-state index contributed by atoms with van der Waals surface area (Å²) in [7, 11) is 0. The van der Waals surface area contributed by atoms with Gasteiger partial charge in [-0.05, 0) is 19.8 Å². The molecule has 98 valence electrons. The number of nitrogens with one attached hydrogen (secondary N) is 1. The van der Waals surface area contributed by atoms with E-state index in [2.05, 4.69) is 9.97 Å². The molecule has 18 heavy (non-hydrogen) atoms. The van der Waals surface area contributed by atoms with Gasteiger partial charge in [-0.25, -0.2) is 9.78 Å². The van der Waals surface area contributed by atoms with E-state index in [1.54, 1.807) is 6.92 Å². The van der Waals surface area contributed by atoms with E-state index < -0.39 is 11.5 Å². The van der Waals surface area contributed by atoms with Gasteiger partial charge in [-0.15, -0.1) is 0 Å². The van der Waals surface area contributed by atoms with Gasteiger partial charge in [0.25, 0.3) is 5.56 Å². The summed E-state index contributed by atoms with van der Waals surface area (Å²) in [6, 6.07) is 0. The average Bonchev–Trinajstić information content (AvgIpc) is 2.75. The van der Waals surface area contributed by atoms with Crippen LogP contribution in [0.4, 0.5) is 0 Å². The molecule has 1 aliphatic rings. The van der Waals surface area contributed by atoms with Crippen molar-refractivity contribution in [1.82, 2.24) is 9.97 Å². The number of ether oxygens (including phenoxy) is 1. The van der Waals surface area contributed by atoms with Gasteiger partial charge < -0.3 is 14.8 Å². The number of carboxylic acid groups (broad SMARTS) is 1. The van der Waals surface area contributed by atoms with Crippen molar-refractivity contribution in [1.29, 1.82) is 0 Å². The number of nitrogens with zero attached hydrogens (tertiary/aromatic N) is 1. The van der Waals surface area contributed by atoms with E-state index in [0.29, 0.717) is 12.4 Å². The number of aromatic carboxylic acids is 1. The lowest BCUT2D eigenvalue weighted by molar-refractivity contribution is 0.0693. The smallest absolute Gasteiger partial charge is 0.343 e. The zero-order chi connectivity index (χ0) is 13.3. The molecule has 1 fully saturated rings. The standard InChI is InChI=1S/C12H16N2O4/c1-3-8-7(4-5-18-8)10-13-6(2)9(12(16)17)11(15)14-10/h7-8H,3-5H2,1-2H3,(H,16,17)(H,13,14,15). The number of carboxylic acids is 1. The molecular weight excluding hydrogens is 236 g/mol. The van der Waals surface area contributed by atoms with Crippen LogP contribution >= 0.6 is 0 Å². The van der Waals surface area contributed by atoms with Crippen molar-refractivity contribution in [2.75, 3.05) is 6.61 Å². The van der Waals surface area contributed by atoms with Gasteiger partial charge in [0.2, 0.25) is 0 Å². The monoisotopic (exact) mass is 252 g/mol. The van der Waals surface area contributed by atoms with Crippen molar-refractivity contribution in [2.24, 2.45) is 0 Å². The van der Waals surface area contributed by atoms with E-state index in [4.69, 9.17) is 9.84 Å². The topological polar surface area (TPSA) is 92.3 Å². The molecule has 1 aliphatic heterocycles. The summed E-state index contributed by atoms with van der Waals surface area (Å²) < 4.78 is 5.55. The van der Waals surface area contributed by atoms with Gasteiger partial charge in [0, 0.05) is 12.5 Å². The second-order valence-electron chi connectivity index (χ2n) is 4.43. The molecule has 0 spiro atoms. The van der Waals surface area contributed by atoms with E-state index in [1.807, 2.05) is 6.92 Å². The van der Waals surface area contributed by atoms with Crippen LogP contribution in [0.25, 0.3) is 0 Å². The first-order valence-corrected chi connectivity index (χ1v) is 6.00. The Balaban J connectivity index is 2.42. The van der Waals surface area contributed by atoms with Gasteiger partial charge in [0.1, 0.15) is 11.4 Å². The number of aromatic nitrogens is 2. The normalized spacial score (nSPS) is 23.2. The molecule has 0 amide bonds. The van der Waals surface area contributed by atoms with Gasteiger partial charge in [-0.3, -0.25) is 4.79 Å². The molecule has 0 aliphatic carbocycles. The molecule has 2 heterocycles. The van der Waals surface area contributed by atoms with E-state index >= 15 is 0 Å². The molecule has 2 unspecified atom stereocenters. The predicted octanol–water partition coefficient (Wildman–Crippen LogP) is 1.06. The maximum absolute atomic E-state index is 11.7. The summed E-state index contributed by atoms with van der Waals surface area (Å²) >= 11 is 0. The average molecular weight is 252 g/mol. The van der Waals surface area contributed by atoms with E-state index in [1.165, 1.54) is 0 Å². The SMILES string of the molecule is CCC1OCCC1c1nc(C)c(C(=O)O)c(=O)[nH]1. The lowest BCUT2D eigenvalue weighted by Gasteiger charge is -2.16. The Bertz CT molecular complexity index is 523. The maximum Gasteiger partial charge on any atom is 0.343 e. The fourth-order valence-electron chi connectivity index (χ4n) is 2.40. The summed E-state index contributed by atoms with van der Waals surface area (Å²) in [5.74, 6) is -0.668. The molecule has 1 saturated heterocycles. The first kappa shape index (κ1) is 12.8. The van der Waals surface area contributed by atoms with Crippen molar-refractivity contribution >= 4 is 5.97 Å². The zero-order valence-corrected chi connectivity index (χ0v) is 10.4. The van der Waals surface area contributed by atoms with Crippen LogP contribution in [-0.2, 0) is 4.74 Å². The number of rotatable bonds is 3. The summed E-state index contributed by atoms with van der Waals surface area (Å²) in [4.78, 5) is 29.4. The van der Waals surface area contributed by atoms with Crippen LogP contribution in [0, 0.1) is 6.92 Å². The molecule has 2 atom stereocenters. The van der Waals surface area contributed by atoms with Crippen LogP contribution < -0.4 is 5.56 Å². The lowest BCUT2D eigenvalue weighted by Crippen LogP contribution is -2.26. The number of hydrogen-bond acceptors (Lipinski definition) is 4. The Morgan fingerprint density at radius 2 is 2.33 bits per heavy atom. The lowest BCUT2D eigenvalue weighted by atomic mass is 9.98. The highest BCUT2D eigenvalue weighted by atomic mass is 16.5. The second-order valence-corrected chi connectivity index (χ2v) is 4.43. The Morgan fingerprint density at radius 1 is 1.61 bits per heavy atom. The molecule has 2 N–H and O–H groups in total. The highest BCUT2D eigenvalue weighted by Gasteiger charge is 2.31. The summed E-state index contributed by atoms with van der Waals surface area (Å²) in [6.45, 7) is 4.20. The fraction of sp³-hybridized carbons (Fsp3) is 0.583. The van der Waals surface area contributed by atoms with Gasteiger partial charge >= 0.3 is 5.97 Å². The zero-order valence-electron chi connectivity index (χ0n) is 10.4. The molecule has 0 saturated carbocycles. The van der Waals surface area contributed by atoms with Crippen molar-refractivity contribution in [2.45, 2.75) is 38.7 Å². The predicted molar refractivity (Wildman–Crippen MR) is 63.9 cm³/mol. The minimum Gasteiger partial charge on any atom is -0.477 e. The summed E-state index contributed by atoms with van der Waals surface area (Å²) in [5, 5.41) is 8.92. The fourth-order valence-corrected chi connectivity index (χ4v) is 2.40. The van der Waals surface area contributed by atoms with Crippen molar-refractivity contribution in [3.05, 3.63) is 27.4 Å². The van der Waals surface area contributed by atoms with Crippen LogP contribution in [0.2, 0.25) is 0 Å². The highest BCUT2D eigenvalue weighted by Crippen LogP contribution is 2.30. The van der Waals surface area contributed by atoms with E-state index in [-0.39, 0.29) is 23.3 Å². The van der Waals surface area contributed by atoms with Gasteiger partial charge in [-0.1, -0.05) is 6.92 Å². The molecule has 2 rings (SSSR count). The van der Waals surface area contributed by atoms with Crippen LogP contribution in [-0.4, -0.2) is 33.8 Å². The molecule has 1 aromatic heterocycles. The molecule has 6 heteroatoms. The number of aromatic amines is 1. The minimum absolute atomic E-state index is 0.0447. The molecule has 0 aromatic carbocycles. The third kappa shape index (κ3) is 2.15. The van der Waals surface area contributed by atoms with Crippen molar-refractivity contribution in [3.63, 3.8) is 0 Å². The highest BCUT2D eigenvalue weighted by molar-refractivity contribution is 5.88. The van der Waals surface area contributed by atoms with Crippen LogP contribution in [0.3, 0.4) is 0 Å². The number of aryl methyl sites for hydroxylation is 1. The van der Waals surface area contributed by atoms with Gasteiger partial charge in [0.05, 0.1) is 11.8 Å². The van der Waals surface area contributed by atoms with Gasteiger partial charge in [-0.2, -0.15) is 0 Å². The first-order valence-electron chi connectivity index (χ1n) is 6.00. The van der Waals surface area contributed by atoms with Crippen molar-refractivity contribution in [3.8, 4) is 0 Å². The molecular formula is C12H16N2O4. The number of H-pyrrole nitrogens is 1. The van der Waals surface area contributed by atoms with Crippen LogP contribution in [0.5, 0.6) is 0 Å². The third-order valence-corrected chi connectivity index (χ3v) is 3.30. The number of carbonyl (C=O) groups is 1. The number of hydrogen-bond donors (Lipinski definition) is 2. The molecule has 6 nitrogen and oxygen atoms in total.